The molecule has 1 saturated carbocycles. The van der Waals surface area contributed by atoms with Gasteiger partial charge in [-0.05, 0) is 36.5 Å². The molecule has 1 aromatic rings. The number of hydrogen-bond donors (Lipinski definition) is 1. The molecule has 0 amide bonds. The van der Waals surface area contributed by atoms with Gasteiger partial charge in [0.05, 0.1) is 0 Å². The first-order valence-corrected chi connectivity index (χ1v) is 6.78. The van der Waals surface area contributed by atoms with Crippen LogP contribution in [-0.4, -0.2) is 0 Å². The summed E-state index contributed by atoms with van der Waals surface area (Å²) in [5.41, 5.74) is 7.25. The van der Waals surface area contributed by atoms with E-state index in [1.165, 1.54) is 51.0 Å². The molecule has 1 aliphatic carbocycles. The Hall–Kier alpha value is -0.890. The quantitative estimate of drug-likeness (QED) is 0.817. The first kappa shape index (κ1) is 12.6. The van der Waals surface area contributed by atoms with Gasteiger partial charge in [-0.2, -0.15) is 0 Å². The number of benzene rings is 1. The molecular weight excluding hydrogens is 213 g/mol. The number of hydrogen-bond acceptors (Lipinski definition) is 1. The third kappa shape index (κ3) is 3.53. The van der Waals surface area contributed by atoms with Gasteiger partial charge < -0.3 is 5.73 Å². The van der Waals surface area contributed by atoms with Gasteiger partial charge in [0.1, 0.15) is 5.82 Å². The van der Waals surface area contributed by atoms with Crippen LogP contribution in [0, 0.1) is 11.7 Å². The monoisotopic (exact) mass is 235 g/mol. The van der Waals surface area contributed by atoms with Crippen LogP contribution < -0.4 is 5.73 Å². The van der Waals surface area contributed by atoms with E-state index in [2.05, 4.69) is 0 Å². The molecule has 1 unspecified atom stereocenters. The van der Waals surface area contributed by atoms with E-state index in [1.54, 1.807) is 12.1 Å². The molecule has 1 aliphatic rings. The van der Waals surface area contributed by atoms with Crippen molar-refractivity contribution in [3.63, 3.8) is 0 Å². The molecule has 2 heteroatoms. The van der Waals surface area contributed by atoms with E-state index >= 15 is 0 Å². The minimum absolute atomic E-state index is 0.00352. The smallest absolute Gasteiger partial charge is 0.123 e. The highest BCUT2D eigenvalue weighted by atomic mass is 19.1. The Morgan fingerprint density at radius 2 is 1.71 bits per heavy atom. The number of rotatable bonds is 2. The van der Waals surface area contributed by atoms with Crippen molar-refractivity contribution in [2.75, 3.05) is 0 Å². The number of nitrogens with two attached hydrogens (primary N) is 1. The van der Waals surface area contributed by atoms with E-state index in [-0.39, 0.29) is 11.9 Å². The summed E-state index contributed by atoms with van der Waals surface area (Å²) >= 11 is 0. The molecule has 0 aliphatic heterocycles. The summed E-state index contributed by atoms with van der Waals surface area (Å²) in [6.45, 7) is 0. The zero-order valence-corrected chi connectivity index (χ0v) is 10.4. The predicted octanol–water partition coefficient (Wildman–Crippen LogP) is 4.19. The van der Waals surface area contributed by atoms with Crippen LogP contribution in [0.4, 0.5) is 4.39 Å². The topological polar surface area (TPSA) is 26.0 Å². The molecule has 1 atom stereocenters. The highest BCUT2D eigenvalue weighted by Gasteiger charge is 2.20. The Morgan fingerprint density at radius 1 is 1.06 bits per heavy atom. The van der Waals surface area contributed by atoms with Gasteiger partial charge in [-0.3, -0.25) is 0 Å². The first-order chi connectivity index (χ1) is 8.27. The van der Waals surface area contributed by atoms with Crippen LogP contribution in [0.25, 0.3) is 0 Å². The van der Waals surface area contributed by atoms with Crippen LogP contribution in [0.1, 0.15) is 56.6 Å². The van der Waals surface area contributed by atoms with Gasteiger partial charge in [-0.1, -0.05) is 44.2 Å². The summed E-state index contributed by atoms with van der Waals surface area (Å²) in [6, 6.07) is 6.78. The molecule has 0 aromatic heterocycles. The van der Waals surface area contributed by atoms with Crippen LogP contribution in [0.2, 0.25) is 0 Å². The van der Waals surface area contributed by atoms with Crippen LogP contribution in [0.5, 0.6) is 0 Å². The summed E-state index contributed by atoms with van der Waals surface area (Å²) < 4.78 is 13.2. The number of halogens is 1. The maximum Gasteiger partial charge on any atom is 0.123 e. The lowest BCUT2D eigenvalue weighted by molar-refractivity contribution is 0.327. The van der Waals surface area contributed by atoms with Gasteiger partial charge in [0, 0.05) is 6.04 Å². The van der Waals surface area contributed by atoms with Crippen molar-refractivity contribution in [1.29, 1.82) is 0 Å². The Labute approximate surface area is 103 Å². The summed E-state index contributed by atoms with van der Waals surface area (Å²) in [4.78, 5) is 0. The average Bonchev–Trinajstić information content (AvgIpc) is 2.28. The van der Waals surface area contributed by atoms with Gasteiger partial charge in [0.2, 0.25) is 0 Å². The van der Waals surface area contributed by atoms with E-state index in [4.69, 9.17) is 5.73 Å². The molecule has 2 rings (SSSR count). The zero-order chi connectivity index (χ0) is 12.1. The van der Waals surface area contributed by atoms with Crippen molar-refractivity contribution in [3.05, 3.63) is 35.6 Å². The first-order valence-electron chi connectivity index (χ1n) is 6.78. The second-order valence-corrected chi connectivity index (χ2v) is 5.19. The second kappa shape index (κ2) is 6.15. The molecule has 1 nitrogen and oxygen atoms in total. The molecule has 0 spiro atoms. The van der Waals surface area contributed by atoms with E-state index in [1.807, 2.05) is 6.07 Å². The molecule has 2 N–H and O–H groups in total. The van der Waals surface area contributed by atoms with Gasteiger partial charge in [0.15, 0.2) is 0 Å². The van der Waals surface area contributed by atoms with Crippen LogP contribution >= 0.6 is 0 Å². The molecular formula is C15H22FN. The van der Waals surface area contributed by atoms with E-state index < -0.39 is 0 Å². The summed E-state index contributed by atoms with van der Waals surface area (Å²) in [7, 11) is 0. The van der Waals surface area contributed by atoms with Gasteiger partial charge >= 0.3 is 0 Å². The van der Waals surface area contributed by atoms with Crippen molar-refractivity contribution in [1.82, 2.24) is 0 Å². The Kier molecular flexibility index (Phi) is 4.55. The third-order valence-electron chi connectivity index (χ3n) is 3.89. The Balaban J connectivity index is 2.04. The third-order valence-corrected chi connectivity index (χ3v) is 3.89. The van der Waals surface area contributed by atoms with E-state index in [0.717, 1.165) is 5.56 Å². The molecule has 0 bridgehead atoms. The van der Waals surface area contributed by atoms with Crippen molar-refractivity contribution < 1.29 is 4.39 Å². The SMILES string of the molecule is NC(c1cccc(F)c1)C1CCCCCCC1. The van der Waals surface area contributed by atoms with Crippen LogP contribution in [0.3, 0.4) is 0 Å². The molecule has 1 fully saturated rings. The lowest BCUT2D eigenvalue weighted by Crippen LogP contribution is -2.22. The maximum absolute atomic E-state index is 13.2. The predicted molar refractivity (Wildman–Crippen MR) is 69.1 cm³/mol. The fourth-order valence-electron chi connectivity index (χ4n) is 2.83. The maximum atomic E-state index is 13.2. The van der Waals surface area contributed by atoms with Crippen molar-refractivity contribution in [2.24, 2.45) is 11.7 Å². The van der Waals surface area contributed by atoms with Gasteiger partial charge in [0.25, 0.3) is 0 Å². The molecule has 0 heterocycles. The largest absolute Gasteiger partial charge is 0.324 e. The van der Waals surface area contributed by atoms with E-state index in [0.29, 0.717) is 5.92 Å². The van der Waals surface area contributed by atoms with Crippen molar-refractivity contribution in [2.45, 2.75) is 51.0 Å². The minimum Gasteiger partial charge on any atom is -0.324 e. The fraction of sp³-hybridized carbons (Fsp3) is 0.600. The molecule has 0 radical (unpaired) electrons. The average molecular weight is 235 g/mol. The lowest BCUT2D eigenvalue weighted by atomic mass is 9.83. The highest BCUT2D eigenvalue weighted by Crippen LogP contribution is 2.31. The van der Waals surface area contributed by atoms with Crippen molar-refractivity contribution >= 4 is 0 Å². The van der Waals surface area contributed by atoms with Gasteiger partial charge in [-0.15, -0.1) is 0 Å². The molecule has 94 valence electrons. The van der Waals surface area contributed by atoms with Crippen molar-refractivity contribution in [3.8, 4) is 0 Å². The summed E-state index contributed by atoms with van der Waals surface area (Å²) in [5, 5.41) is 0. The molecule has 1 aromatic carbocycles. The molecule has 17 heavy (non-hydrogen) atoms. The lowest BCUT2D eigenvalue weighted by Gasteiger charge is -2.26. The Bertz CT molecular complexity index is 343. The zero-order valence-electron chi connectivity index (χ0n) is 10.4. The fourth-order valence-corrected chi connectivity index (χ4v) is 2.83. The Morgan fingerprint density at radius 3 is 2.35 bits per heavy atom. The normalized spacial score (nSPS) is 20.6. The van der Waals surface area contributed by atoms with Crippen LogP contribution in [-0.2, 0) is 0 Å². The van der Waals surface area contributed by atoms with E-state index in [9.17, 15) is 4.39 Å². The standard InChI is InChI=1S/C15H22FN/c16-14-10-6-9-13(11-14)15(17)12-7-4-2-1-3-5-8-12/h6,9-12,15H,1-5,7-8,17H2. The molecule has 0 saturated heterocycles. The van der Waals surface area contributed by atoms with Crippen LogP contribution in [0.15, 0.2) is 24.3 Å². The highest BCUT2D eigenvalue weighted by molar-refractivity contribution is 5.20. The summed E-state index contributed by atoms with van der Waals surface area (Å²) in [5.74, 6) is 0.348. The van der Waals surface area contributed by atoms with Gasteiger partial charge in [-0.25, -0.2) is 4.39 Å². The minimum atomic E-state index is -0.177. The summed E-state index contributed by atoms with van der Waals surface area (Å²) in [6.07, 6.45) is 8.94. The second-order valence-electron chi connectivity index (χ2n) is 5.19.